The summed E-state index contributed by atoms with van der Waals surface area (Å²) in [4.78, 5) is 42.4. The van der Waals surface area contributed by atoms with Crippen LogP contribution in [0.4, 0.5) is 4.79 Å². The SMILES string of the molecule is COCCN(C(=O)NCc1ccc(C(=O)c2ccccc2)cc1)C1(C=O)CCN(Cc2ccccc2)CC1. The lowest BCUT2D eigenvalue weighted by Gasteiger charge is -2.45. The Balaban J connectivity index is 1.37. The monoisotopic (exact) mass is 513 g/mol. The molecule has 3 aromatic rings. The molecular weight excluding hydrogens is 478 g/mol. The van der Waals surface area contributed by atoms with Gasteiger partial charge >= 0.3 is 6.03 Å². The van der Waals surface area contributed by atoms with E-state index < -0.39 is 5.54 Å². The standard InChI is InChI=1S/C31H35N3O4/c1-38-21-20-34(31(24-35)16-18-33(19-17-31)23-26-8-4-2-5-9-26)30(37)32-22-25-12-14-28(15-13-25)29(36)27-10-6-3-7-11-27/h2-15,24H,16-23H2,1H3,(H,32,37). The molecule has 3 aromatic carbocycles. The summed E-state index contributed by atoms with van der Waals surface area (Å²) >= 11 is 0. The topological polar surface area (TPSA) is 79.0 Å². The van der Waals surface area contributed by atoms with E-state index in [1.165, 1.54) is 5.56 Å². The molecule has 0 atom stereocenters. The largest absolute Gasteiger partial charge is 0.383 e. The third-order valence-electron chi connectivity index (χ3n) is 7.19. The van der Waals surface area contributed by atoms with Crippen LogP contribution in [0.15, 0.2) is 84.9 Å². The van der Waals surface area contributed by atoms with Gasteiger partial charge in [-0.2, -0.15) is 0 Å². The quantitative estimate of drug-likeness (QED) is 0.305. The zero-order chi connectivity index (χ0) is 26.8. The third-order valence-corrected chi connectivity index (χ3v) is 7.19. The van der Waals surface area contributed by atoms with Gasteiger partial charge in [-0.05, 0) is 24.0 Å². The number of benzene rings is 3. The van der Waals surface area contributed by atoms with Crippen molar-refractivity contribution in [3.05, 3.63) is 107 Å². The fourth-order valence-electron chi connectivity index (χ4n) is 4.90. The molecule has 1 aliphatic heterocycles. The van der Waals surface area contributed by atoms with Crippen molar-refractivity contribution in [2.75, 3.05) is 33.4 Å². The Morgan fingerprint density at radius 3 is 2.11 bits per heavy atom. The first-order chi connectivity index (χ1) is 18.5. The van der Waals surface area contributed by atoms with Gasteiger partial charge in [0.15, 0.2) is 5.78 Å². The van der Waals surface area contributed by atoms with Crippen LogP contribution in [-0.2, 0) is 22.6 Å². The lowest BCUT2D eigenvalue weighted by Crippen LogP contribution is -2.61. The van der Waals surface area contributed by atoms with E-state index in [-0.39, 0.29) is 18.4 Å². The number of rotatable bonds is 11. The van der Waals surface area contributed by atoms with Crippen molar-refractivity contribution in [3.63, 3.8) is 0 Å². The van der Waals surface area contributed by atoms with Crippen LogP contribution >= 0.6 is 0 Å². The molecule has 38 heavy (non-hydrogen) atoms. The predicted octanol–water partition coefficient (Wildman–Crippen LogP) is 4.31. The van der Waals surface area contributed by atoms with Crippen molar-refractivity contribution in [3.8, 4) is 0 Å². The molecule has 198 valence electrons. The highest BCUT2D eigenvalue weighted by Crippen LogP contribution is 2.28. The van der Waals surface area contributed by atoms with Crippen LogP contribution in [0.25, 0.3) is 0 Å². The van der Waals surface area contributed by atoms with E-state index in [0.29, 0.717) is 37.1 Å². The molecule has 4 rings (SSSR count). The first kappa shape index (κ1) is 27.2. The Labute approximate surface area is 224 Å². The molecule has 0 spiro atoms. The van der Waals surface area contributed by atoms with E-state index in [1.54, 1.807) is 36.3 Å². The van der Waals surface area contributed by atoms with Crippen LogP contribution in [0, 0.1) is 0 Å². The molecule has 1 heterocycles. The van der Waals surface area contributed by atoms with Gasteiger partial charge in [0.1, 0.15) is 11.8 Å². The summed E-state index contributed by atoms with van der Waals surface area (Å²) in [5.74, 6) is -0.0431. The van der Waals surface area contributed by atoms with Gasteiger partial charge in [0.2, 0.25) is 0 Å². The van der Waals surface area contributed by atoms with Crippen LogP contribution in [0.1, 0.15) is 39.9 Å². The Hall–Kier alpha value is -3.81. The first-order valence-corrected chi connectivity index (χ1v) is 13.0. The summed E-state index contributed by atoms with van der Waals surface area (Å²) < 4.78 is 5.26. The second kappa shape index (κ2) is 13.1. The van der Waals surface area contributed by atoms with E-state index in [2.05, 4.69) is 22.3 Å². The average Bonchev–Trinajstić information content (AvgIpc) is 2.98. The Kier molecular flexibility index (Phi) is 9.40. The average molecular weight is 514 g/mol. The molecule has 0 unspecified atom stereocenters. The van der Waals surface area contributed by atoms with Crippen molar-refractivity contribution in [1.29, 1.82) is 0 Å². The highest BCUT2D eigenvalue weighted by molar-refractivity contribution is 6.08. The second-order valence-electron chi connectivity index (χ2n) is 9.68. The highest BCUT2D eigenvalue weighted by Gasteiger charge is 2.42. The Morgan fingerprint density at radius 1 is 0.895 bits per heavy atom. The lowest BCUT2D eigenvalue weighted by molar-refractivity contribution is -0.120. The molecule has 2 amide bonds. The van der Waals surface area contributed by atoms with Gasteiger partial charge < -0.3 is 19.7 Å². The number of nitrogens with one attached hydrogen (secondary N) is 1. The molecule has 0 bridgehead atoms. The van der Waals surface area contributed by atoms with Gasteiger partial charge in [-0.25, -0.2) is 4.79 Å². The molecule has 1 N–H and O–H groups in total. The number of carbonyl (C=O) groups excluding carboxylic acids is 3. The molecule has 1 fully saturated rings. The van der Waals surface area contributed by atoms with E-state index in [4.69, 9.17) is 4.74 Å². The summed E-state index contributed by atoms with van der Waals surface area (Å²) in [5, 5.41) is 2.97. The molecule has 1 saturated heterocycles. The second-order valence-corrected chi connectivity index (χ2v) is 9.68. The first-order valence-electron chi connectivity index (χ1n) is 13.0. The third kappa shape index (κ3) is 6.73. The molecule has 7 nitrogen and oxygen atoms in total. The summed E-state index contributed by atoms with van der Waals surface area (Å²) in [5.41, 5.74) is 2.46. The number of hydrogen-bond donors (Lipinski definition) is 1. The van der Waals surface area contributed by atoms with Crippen LogP contribution in [0.3, 0.4) is 0 Å². The van der Waals surface area contributed by atoms with E-state index in [9.17, 15) is 14.4 Å². The van der Waals surface area contributed by atoms with Crippen molar-refractivity contribution >= 4 is 18.1 Å². The van der Waals surface area contributed by atoms with E-state index in [0.717, 1.165) is 31.5 Å². The molecule has 1 aliphatic rings. The Morgan fingerprint density at radius 2 is 1.50 bits per heavy atom. The fraction of sp³-hybridized carbons (Fsp3) is 0.323. The number of ether oxygens (including phenoxy) is 1. The smallest absolute Gasteiger partial charge is 0.318 e. The lowest BCUT2D eigenvalue weighted by atomic mass is 9.87. The molecule has 0 aliphatic carbocycles. The van der Waals surface area contributed by atoms with Gasteiger partial charge in [-0.1, -0.05) is 84.9 Å². The Bertz CT molecular complexity index is 1190. The molecule has 0 aromatic heterocycles. The number of methoxy groups -OCH3 is 1. The number of piperidine rings is 1. The molecule has 0 saturated carbocycles. The minimum absolute atomic E-state index is 0.0431. The highest BCUT2D eigenvalue weighted by atomic mass is 16.5. The van der Waals surface area contributed by atoms with Crippen LogP contribution < -0.4 is 5.32 Å². The van der Waals surface area contributed by atoms with Gasteiger partial charge in [0.25, 0.3) is 0 Å². The number of nitrogens with zero attached hydrogens (tertiary/aromatic N) is 2. The maximum Gasteiger partial charge on any atom is 0.318 e. The number of aldehydes is 1. The molecule has 7 heteroatoms. The molecule has 0 radical (unpaired) electrons. The normalized spacial score (nSPS) is 15.0. The number of carbonyl (C=O) groups is 3. The van der Waals surface area contributed by atoms with Gasteiger partial charge in [0, 0.05) is 51.0 Å². The van der Waals surface area contributed by atoms with Crippen molar-refractivity contribution in [2.45, 2.75) is 31.5 Å². The van der Waals surface area contributed by atoms with Crippen molar-refractivity contribution in [1.82, 2.24) is 15.1 Å². The minimum Gasteiger partial charge on any atom is -0.383 e. The minimum atomic E-state index is -0.873. The van der Waals surface area contributed by atoms with Gasteiger partial charge in [-0.3, -0.25) is 9.69 Å². The van der Waals surface area contributed by atoms with Crippen molar-refractivity contribution in [2.24, 2.45) is 0 Å². The number of urea groups is 1. The summed E-state index contributed by atoms with van der Waals surface area (Å²) in [7, 11) is 1.59. The summed E-state index contributed by atoms with van der Waals surface area (Å²) in [6.45, 7) is 3.22. The number of amides is 2. The van der Waals surface area contributed by atoms with Gasteiger partial charge in [0.05, 0.1) is 6.61 Å². The number of likely N-dealkylation sites (tertiary alicyclic amines) is 1. The van der Waals surface area contributed by atoms with Crippen LogP contribution in [0.5, 0.6) is 0 Å². The summed E-state index contributed by atoms with van der Waals surface area (Å²) in [6.07, 6.45) is 2.07. The molecular formula is C31H35N3O4. The summed E-state index contributed by atoms with van der Waals surface area (Å²) in [6, 6.07) is 26.3. The van der Waals surface area contributed by atoms with Crippen LogP contribution in [-0.4, -0.2) is 66.8 Å². The fourth-order valence-corrected chi connectivity index (χ4v) is 4.90. The van der Waals surface area contributed by atoms with E-state index in [1.807, 2.05) is 48.5 Å². The number of ketones is 1. The maximum atomic E-state index is 13.4. The zero-order valence-electron chi connectivity index (χ0n) is 21.8. The number of hydrogen-bond acceptors (Lipinski definition) is 5. The zero-order valence-corrected chi connectivity index (χ0v) is 21.8. The van der Waals surface area contributed by atoms with Gasteiger partial charge in [-0.15, -0.1) is 0 Å². The predicted molar refractivity (Wildman–Crippen MR) is 147 cm³/mol. The maximum absolute atomic E-state index is 13.4. The van der Waals surface area contributed by atoms with Crippen molar-refractivity contribution < 1.29 is 19.1 Å². The van der Waals surface area contributed by atoms with E-state index >= 15 is 0 Å². The van der Waals surface area contributed by atoms with Crippen LogP contribution in [0.2, 0.25) is 0 Å².